The fourth-order valence-electron chi connectivity index (χ4n) is 7.67. The Morgan fingerprint density at radius 1 is 0.800 bits per heavy atom. The van der Waals surface area contributed by atoms with Gasteiger partial charge in [0.15, 0.2) is 0 Å². The molecule has 45 heavy (non-hydrogen) atoms. The van der Waals surface area contributed by atoms with Crippen molar-refractivity contribution in [3.8, 4) is 0 Å². The van der Waals surface area contributed by atoms with E-state index in [0.717, 1.165) is 11.8 Å². The third-order valence-electron chi connectivity index (χ3n) is 10.2. The van der Waals surface area contributed by atoms with Gasteiger partial charge in [0.1, 0.15) is 0 Å². The molecule has 0 N–H and O–H groups in total. The van der Waals surface area contributed by atoms with Crippen LogP contribution in [0, 0.1) is 19.8 Å². The largest absolute Gasteiger partial charge is 0.303 e. The van der Waals surface area contributed by atoms with Crippen molar-refractivity contribution in [2.24, 2.45) is 10.9 Å². The number of rotatable bonds is 6. The summed E-state index contributed by atoms with van der Waals surface area (Å²) in [6, 6.07) is 15.7. The van der Waals surface area contributed by atoms with E-state index in [-0.39, 0.29) is 5.41 Å². The Labute approximate surface area is 281 Å². The van der Waals surface area contributed by atoms with Gasteiger partial charge < -0.3 is 4.90 Å². The lowest BCUT2D eigenvalue weighted by atomic mass is 9.65. The fraction of sp³-hybridized carbons (Fsp3) is 0.651. The molecule has 0 spiro atoms. The minimum absolute atomic E-state index is 0.193. The first-order valence-electron chi connectivity index (χ1n) is 18.9. The minimum Gasteiger partial charge on any atom is -0.303 e. The molecule has 0 aromatic heterocycles. The highest BCUT2D eigenvalue weighted by Gasteiger charge is 2.37. The summed E-state index contributed by atoms with van der Waals surface area (Å²) in [6.07, 6.45) is 18.5. The first-order chi connectivity index (χ1) is 22.0. The van der Waals surface area contributed by atoms with E-state index in [0.29, 0.717) is 0 Å². The number of aryl methyl sites for hydroxylation is 2. The lowest BCUT2D eigenvalue weighted by Gasteiger charge is -2.39. The van der Waals surface area contributed by atoms with Crippen molar-refractivity contribution in [2.75, 3.05) is 26.7 Å². The van der Waals surface area contributed by atoms with E-state index < -0.39 is 0 Å². The first kappa shape index (κ1) is 40.8. The molecule has 2 heteroatoms. The number of likely N-dealkylation sites (tertiary alicyclic amines) is 1. The van der Waals surface area contributed by atoms with E-state index in [1.807, 2.05) is 66.8 Å². The summed E-state index contributed by atoms with van der Waals surface area (Å²) in [4.78, 5) is 7.45. The van der Waals surface area contributed by atoms with Gasteiger partial charge in [0.25, 0.3) is 0 Å². The van der Waals surface area contributed by atoms with Crippen LogP contribution in [0.4, 0.5) is 0 Å². The molecule has 0 unspecified atom stereocenters. The molecule has 0 amide bonds. The Morgan fingerprint density at radius 2 is 1.38 bits per heavy atom. The van der Waals surface area contributed by atoms with Crippen LogP contribution in [0.3, 0.4) is 0 Å². The van der Waals surface area contributed by atoms with Crippen molar-refractivity contribution in [1.82, 2.24) is 4.90 Å². The Bertz CT molecular complexity index is 1080. The molecule has 5 rings (SSSR count). The molecule has 2 saturated carbocycles. The second kappa shape index (κ2) is 23.2. The molecule has 3 aliphatic rings. The maximum Gasteiger partial charge on any atom is 0.0331 e. The Hall–Kier alpha value is -2.19. The van der Waals surface area contributed by atoms with Crippen molar-refractivity contribution in [2.45, 2.75) is 151 Å². The standard InChI is InChI=1S/C28H44N2.C9H10.3C2H6/c1-22-20-26(12-13-27(22)28(23(2)29-3)16-8-5-9-17-28)25-14-18-30(19-15-25)21-24-10-6-4-7-11-24;1-3-9-7-5-4-6-8(9)2;3*1-2/h12-13,20,24-25H,4-11,14-19,21H2,1-3H3;3-7H,1H2,2H3;3*1-2H3. The molecule has 3 fully saturated rings. The first-order valence-corrected chi connectivity index (χ1v) is 18.9. The van der Waals surface area contributed by atoms with Gasteiger partial charge in [-0.05, 0) is 112 Å². The lowest BCUT2D eigenvalue weighted by molar-refractivity contribution is 0.164. The smallest absolute Gasteiger partial charge is 0.0331 e. The van der Waals surface area contributed by atoms with Crippen LogP contribution in [0.15, 0.2) is 54.0 Å². The van der Waals surface area contributed by atoms with Crippen LogP contribution in [0.25, 0.3) is 6.08 Å². The molecule has 1 saturated heterocycles. The van der Waals surface area contributed by atoms with Gasteiger partial charge in [0, 0.05) is 24.7 Å². The molecule has 0 atom stereocenters. The SMILES string of the molecule is C=Cc1ccccc1C.CC.CC.CC.CN=C(C)C1(c2ccc(C3CCN(CC4CCCCC4)CC3)cc2C)CCCCC1. The predicted molar refractivity (Wildman–Crippen MR) is 205 cm³/mol. The molecule has 0 bridgehead atoms. The van der Waals surface area contributed by atoms with Crippen LogP contribution in [-0.4, -0.2) is 37.3 Å². The van der Waals surface area contributed by atoms with Crippen molar-refractivity contribution >= 4 is 11.8 Å². The van der Waals surface area contributed by atoms with Crippen molar-refractivity contribution in [3.63, 3.8) is 0 Å². The number of hydrogen-bond donors (Lipinski definition) is 0. The Kier molecular flexibility index (Phi) is 21.0. The minimum atomic E-state index is 0.193. The summed E-state index contributed by atoms with van der Waals surface area (Å²) in [5, 5.41) is 0. The monoisotopic (exact) mass is 617 g/mol. The van der Waals surface area contributed by atoms with Gasteiger partial charge in [-0.3, -0.25) is 4.99 Å². The van der Waals surface area contributed by atoms with E-state index in [1.54, 1.807) is 11.1 Å². The second-order valence-corrected chi connectivity index (χ2v) is 12.7. The number of aliphatic imine (C=N–C) groups is 1. The lowest BCUT2D eigenvalue weighted by Crippen LogP contribution is -2.38. The topological polar surface area (TPSA) is 15.6 Å². The Balaban J connectivity index is 0.000000567. The number of hydrogen-bond acceptors (Lipinski definition) is 2. The van der Waals surface area contributed by atoms with Crippen LogP contribution in [0.5, 0.6) is 0 Å². The summed E-state index contributed by atoms with van der Waals surface area (Å²) in [7, 11) is 1.98. The molecule has 2 nitrogen and oxygen atoms in total. The summed E-state index contributed by atoms with van der Waals surface area (Å²) >= 11 is 0. The third kappa shape index (κ3) is 12.2. The van der Waals surface area contributed by atoms with Crippen molar-refractivity contribution in [1.29, 1.82) is 0 Å². The molecular formula is C43H72N2. The average Bonchev–Trinajstić information content (AvgIpc) is 3.12. The zero-order valence-electron chi connectivity index (χ0n) is 31.5. The summed E-state index contributed by atoms with van der Waals surface area (Å²) in [6.45, 7) is 26.4. The van der Waals surface area contributed by atoms with Crippen LogP contribution in [-0.2, 0) is 5.41 Å². The number of benzene rings is 2. The third-order valence-corrected chi connectivity index (χ3v) is 10.2. The normalized spacial score (nSPS) is 18.8. The van der Waals surface area contributed by atoms with Crippen LogP contribution in [0.2, 0.25) is 0 Å². The highest BCUT2D eigenvalue weighted by Crippen LogP contribution is 2.43. The van der Waals surface area contributed by atoms with Crippen molar-refractivity contribution < 1.29 is 0 Å². The van der Waals surface area contributed by atoms with E-state index in [1.165, 1.54) is 119 Å². The van der Waals surface area contributed by atoms with Crippen LogP contribution in [0.1, 0.15) is 159 Å². The second-order valence-electron chi connectivity index (χ2n) is 12.7. The molecule has 2 aliphatic carbocycles. The highest BCUT2D eigenvalue weighted by molar-refractivity contribution is 5.93. The van der Waals surface area contributed by atoms with Gasteiger partial charge in [-0.15, -0.1) is 0 Å². The van der Waals surface area contributed by atoms with E-state index in [4.69, 9.17) is 0 Å². The summed E-state index contributed by atoms with van der Waals surface area (Å²) in [5.74, 6) is 1.73. The number of nitrogens with zero attached hydrogens (tertiary/aromatic N) is 2. The van der Waals surface area contributed by atoms with E-state index >= 15 is 0 Å². The molecule has 2 aromatic rings. The molecular weight excluding hydrogens is 544 g/mol. The summed E-state index contributed by atoms with van der Waals surface area (Å²) in [5.41, 5.74) is 8.69. The van der Waals surface area contributed by atoms with Gasteiger partial charge >= 0.3 is 0 Å². The van der Waals surface area contributed by atoms with Gasteiger partial charge in [-0.1, -0.05) is 135 Å². The van der Waals surface area contributed by atoms with Gasteiger partial charge in [0.05, 0.1) is 0 Å². The molecule has 2 aromatic carbocycles. The zero-order valence-corrected chi connectivity index (χ0v) is 31.5. The van der Waals surface area contributed by atoms with Crippen molar-refractivity contribution in [3.05, 3.63) is 76.9 Å². The quantitative estimate of drug-likeness (QED) is 0.295. The van der Waals surface area contributed by atoms with Crippen LogP contribution >= 0.6 is 0 Å². The van der Waals surface area contributed by atoms with E-state index in [2.05, 4.69) is 67.6 Å². The number of piperidine rings is 1. The molecule has 0 radical (unpaired) electrons. The molecule has 254 valence electrons. The van der Waals surface area contributed by atoms with E-state index in [9.17, 15) is 0 Å². The predicted octanol–water partition coefficient (Wildman–Crippen LogP) is 12.8. The zero-order chi connectivity index (χ0) is 33.7. The van der Waals surface area contributed by atoms with Gasteiger partial charge in [-0.25, -0.2) is 0 Å². The Morgan fingerprint density at radius 3 is 1.89 bits per heavy atom. The summed E-state index contributed by atoms with van der Waals surface area (Å²) < 4.78 is 0. The van der Waals surface area contributed by atoms with Crippen LogP contribution < -0.4 is 0 Å². The highest BCUT2D eigenvalue weighted by atomic mass is 15.1. The average molecular weight is 617 g/mol. The van der Waals surface area contributed by atoms with Gasteiger partial charge in [0.2, 0.25) is 0 Å². The fourth-order valence-corrected chi connectivity index (χ4v) is 7.67. The maximum absolute atomic E-state index is 4.68. The molecule has 1 aliphatic heterocycles. The maximum atomic E-state index is 4.68. The molecule has 1 heterocycles. The van der Waals surface area contributed by atoms with Gasteiger partial charge in [-0.2, -0.15) is 0 Å².